The molecule has 1 amide bonds. The zero-order valence-electron chi connectivity index (χ0n) is 13.8. The molecule has 1 aliphatic heterocycles. The Balaban J connectivity index is 1.52. The number of hydrogen-bond acceptors (Lipinski definition) is 4. The van der Waals surface area contributed by atoms with Gasteiger partial charge in [-0.25, -0.2) is 0 Å². The summed E-state index contributed by atoms with van der Waals surface area (Å²) < 4.78 is 5.33. The van der Waals surface area contributed by atoms with Crippen molar-refractivity contribution >= 4 is 34.8 Å². The molecule has 0 radical (unpaired) electrons. The van der Waals surface area contributed by atoms with Gasteiger partial charge >= 0.3 is 0 Å². The van der Waals surface area contributed by atoms with Crippen molar-refractivity contribution < 1.29 is 9.32 Å². The summed E-state index contributed by atoms with van der Waals surface area (Å²) in [4.78, 5) is 22.0. The lowest BCUT2D eigenvalue weighted by atomic mass is 10.00. The average molecular weight is 391 g/mol. The van der Waals surface area contributed by atoms with E-state index < -0.39 is 0 Å². The molecule has 0 bridgehead atoms. The molecular weight excluding hydrogens is 375 g/mol. The molecule has 3 aromatic rings. The van der Waals surface area contributed by atoms with E-state index in [1.807, 2.05) is 12.1 Å². The van der Waals surface area contributed by atoms with Gasteiger partial charge in [-0.3, -0.25) is 4.79 Å². The van der Waals surface area contributed by atoms with Crippen LogP contribution in [0.5, 0.6) is 0 Å². The number of amides is 1. The maximum absolute atomic E-state index is 12.7. The quantitative estimate of drug-likeness (QED) is 0.704. The van der Waals surface area contributed by atoms with Crippen LogP contribution in [0.15, 0.2) is 41.1 Å². The minimum absolute atomic E-state index is 0.0455. The van der Waals surface area contributed by atoms with Crippen LogP contribution < -0.4 is 4.90 Å². The van der Waals surface area contributed by atoms with Crippen LogP contribution in [0.4, 0.5) is 5.69 Å². The summed E-state index contributed by atoms with van der Waals surface area (Å²) in [5.41, 5.74) is 1.52. The first-order valence-electron chi connectivity index (χ1n) is 8.34. The summed E-state index contributed by atoms with van der Waals surface area (Å²) in [5.74, 6) is 0.905. The molecule has 2 aromatic heterocycles. The molecule has 3 heterocycles. The van der Waals surface area contributed by atoms with Crippen LogP contribution in [0, 0.1) is 0 Å². The third kappa shape index (κ3) is 3.48. The Morgan fingerprint density at radius 2 is 2.00 bits per heavy atom. The maximum atomic E-state index is 12.7. The number of rotatable bonds is 3. The van der Waals surface area contributed by atoms with Crippen molar-refractivity contribution in [1.29, 1.82) is 0 Å². The van der Waals surface area contributed by atoms with Crippen LogP contribution >= 0.6 is 23.2 Å². The molecule has 4 rings (SSSR count). The molecule has 0 spiro atoms. The maximum Gasteiger partial charge on any atom is 0.274 e. The standard InChI is InChI=1S/C18H16Cl2N4O2/c19-12-3-5-14(6-4-12)24-7-1-2-11(8-16(24)25)17-22-18(26-23-17)15-9-13(20)10-21-15/h3-6,9-11,21H,1-2,7-8H2. The fourth-order valence-electron chi connectivity index (χ4n) is 3.16. The number of halogens is 2. The van der Waals surface area contributed by atoms with E-state index >= 15 is 0 Å². The molecule has 1 N–H and O–H groups in total. The molecule has 6 nitrogen and oxygen atoms in total. The van der Waals surface area contributed by atoms with E-state index in [0.29, 0.717) is 40.4 Å². The number of anilines is 1. The highest BCUT2D eigenvalue weighted by atomic mass is 35.5. The molecule has 8 heteroatoms. The first kappa shape index (κ1) is 17.1. The molecule has 1 unspecified atom stereocenters. The Morgan fingerprint density at radius 1 is 1.19 bits per heavy atom. The van der Waals surface area contributed by atoms with Crippen molar-refractivity contribution in [2.75, 3.05) is 11.4 Å². The van der Waals surface area contributed by atoms with E-state index in [-0.39, 0.29) is 11.8 Å². The van der Waals surface area contributed by atoms with Gasteiger partial charge in [-0.1, -0.05) is 28.4 Å². The Labute approximate surface area is 160 Å². The number of carbonyl (C=O) groups excluding carboxylic acids is 1. The first-order valence-corrected chi connectivity index (χ1v) is 9.09. The fourth-order valence-corrected chi connectivity index (χ4v) is 3.45. The molecule has 1 aromatic carbocycles. The highest BCUT2D eigenvalue weighted by Crippen LogP contribution is 2.31. The number of H-pyrrole nitrogens is 1. The molecule has 1 fully saturated rings. The summed E-state index contributed by atoms with van der Waals surface area (Å²) >= 11 is 11.8. The third-order valence-electron chi connectivity index (χ3n) is 4.48. The summed E-state index contributed by atoms with van der Waals surface area (Å²) in [7, 11) is 0. The van der Waals surface area contributed by atoms with E-state index in [0.717, 1.165) is 18.5 Å². The van der Waals surface area contributed by atoms with Crippen molar-refractivity contribution in [1.82, 2.24) is 15.1 Å². The molecule has 1 atom stereocenters. The van der Waals surface area contributed by atoms with Gasteiger partial charge in [0.25, 0.3) is 5.89 Å². The second-order valence-corrected chi connectivity index (χ2v) is 7.13. The molecule has 26 heavy (non-hydrogen) atoms. The van der Waals surface area contributed by atoms with E-state index in [1.165, 1.54) is 0 Å². The second-order valence-electron chi connectivity index (χ2n) is 6.25. The van der Waals surface area contributed by atoms with Gasteiger partial charge in [0.05, 0.1) is 5.02 Å². The van der Waals surface area contributed by atoms with Crippen LogP contribution in [-0.4, -0.2) is 27.6 Å². The Bertz CT molecular complexity index is 919. The fraction of sp³-hybridized carbons (Fsp3) is 0.278. The molecule has 1 aliphatic rings. The van der Waals surface area contributed by atoms with Gasteiger partial charge in [-0.2, -0.15) is 4.98 Å². The number of nitrogens with zero attached hydrogens (tertiary/aromatic N) is 3. The predicted octanol–water partition coefficient (Wildman–Crippen LogP) is 4.67. The summed E-state index contributed by atoms with van der Waals surface area (Å²) in [6, 6.07) is 9.03. The van der Waals surface area contributed by atoms with E-state index in [4.69, 9.17) is 27.7 Å². The van der Waals surface area contributed by atoms with Gasteiger partial charge in [0.1, 0.15) is 5.69 Å². The first-order chi connectivity index (χ1) is 12.6. The summed E-state index contributed by atoms with van der Waals surface area (Å²) in [6.07, 6.45) is 3.67. The van der Waals surface area contributed by atoms with Crippen LogP contribution in [-0.2, 0) is 4.79 Å². The zero-order valence-corrected chi connectivity index (χ0v) is 15.3. The van der Waals surface area contributed by atoms with Gasteiger partial charge in [0, 0.05) is 35.8 Å². The SMILES string of the molecule is O=C1CC(c2noc(-c3cc(Cl)c[nH]3)n2)CCCN1c1ccc(Cl)cc1. The number of aromatic nitrogens is 3. The van der Waals surface area contributed by atoms with Gasteiger partial charge in [-0.05, 0) is 43.2 Å². The summed E-state index contributed by atoms with van der Waals surface area (Å²) in [6.45, 7) is 0.661. The van der Waals surface area contributed by atoms with Gasteiger partial charge in [-0.15, -0.1) is 0 Å². The van der Waals surface area contributed by atoms with Crippen molar-refractivity contribution in [3.63, 3.8) is 0 Å². The van der Waals surface area contributed by atoms with E-state index in [9.17, 15) is 4.79 Å². The Hall–Kier alpha value is -2.31. The number of benzene rings is 1. The topological polar surface area (TPSA) is 75.0 Å². The number of carbonyl (C=O) groups is 1. The second kappa shape index (κ2) is 7.13. The van der Waals surface area contributed by atoms with Crippen molar-refractivity contribution in [3.05, 3.63) is 52.4 Å². The molecular formula is C18H16Cl2N4O2. The minimum atomic E-state index is -0.0669. The zero-order chi connectivity index (χ0) is 18.1. The van der Waals surface area contributed by atoms with Crippen LogP contribution in [0.1, 0.15) is 31.0 Å². The van der Waals surface area contributed by atoms with Crippen LogP contribution in [0.2, 0.25) is 10.0 Å². The van der Waals surface area contributed by atoms with Crippen LogP contribution in [0.25, 0.3) is 11.6 Å². The van der Waals surface area contributed by atoms with E-state index in [1.54, 1.807) is 29.3 Å². The highest BCUT2D eigenvalue weighted by Gasteiger charge is 2.28. The average Bonchev–Trinajstić information content (AvgIpc) is 3.23. The Morgan fingerprint density at radius 3 is 2.73 bits per heavy atom. The molecule has 0 aliphatic carbocycles. The third-order valence-corrected chi connectivity index (χ3v) is 4.95. The van der Waals surface area contributed by atoms with Gasteiger partial charge < -0.3 is 14.4 Å². The highest BCUT2D eigenvalue weighted by molar-refractivity contribution is 6.31. The van der Waals surface area contributed by atoms with Crippen molar-refractivity contribution in [2.45, 2.75) is 25.2 Å². The number of aromatic amines is 1. The van der Waals surface area contributed by atoms with Gasteiger partial charge in [0.15, 0.2) is 5.82 Å². The number of nitrogens with one attached hydrogen (secondary N) is 1. The Kier molecular flexibility index (Phi) is 4.70. The predicted molar refractivity (Wildman–Crippen MR) is 99.5 cm³/mol. The number of hydrogen-bond donors (Lipinski definition) is 1. The molecule has 134 valence electrons. The monoisotopic (exact) mass is 390 g/mol. The van der Waals surface area contributed by atoms with Crippen LogP contribution in [0.3, 0.4) is 0 Å². The lowest BCUT2D eigenvalue weighted by Crippen LogP contribution is -2.30. The minimum Gasteiger partial charge on any atom is -0.356 e. The lowest BCUT2D eigenvalue weighted by molar-refractivity contribution is -0.118. The van der Waals surface area contributed by atoms with E-state index in [2.05, 4.69) is 15.1 Å². The normalized spacial score (nSPS) is 18.2. The van der Waals surface area contributed by atoms with Crippen molar-refractivity contribution in [2.24, 2.45) is 0 Å². The van der Waals surface area contributed by atoms with Crippen molar-refractivity contribution in [3.8, 4) is 11.6 Å². The molecule has 1 saturated heterocycles. The largest absolute Gasteiger partial charge is 0.356 e. The lowest BCUT2D eigenvalue weighted by Gasteiger charge is -2.20. The summed E-state index contributed by atoms with van der Waals surface area (Å²) in [5, 5.41) is 5.30. The smallest absolute Gasteiger partial charge is 0.274 e. The van der Waals surface area contributed by atoms with Gasteiger partial charge in [0.2, 0.25) is 5.91 Å². The molecule has 0 saturated carbocycles.